The Morgan fingerprint density at radius 1 is 0.809 bits per heavy atom. The number of hydrogen-bond donors (Lipinski definition) is 3. The fourth-order valence-electron chi connectivity index (χ4n) is 8.64. The zero-order valence-corrected chi connectivity index (χ0v) is 28.6. The molecule has 0 bridgehead atoms. The van der Waals surface area contributed by atoms with Crippen LogP contribution in [0.5, 0.6) is 0 Å². The summed E-state index contributed by atoms with van der Waals surface area (Å²) in [4.78, 5) is 47.8. The summed E-state index contributed by atoms with van der Waals surface area (Å²) in [5, 5.41) is 11.9. The molecule has 2 spiro atoms. The summed E-state index contributed by atoms with van der Waals surface area (Å²) in [6.45, 7) is 6.60. The van der Waals surface area contributed by atoms with Crippen LogP contribution in [0.4, 0.5) is 4.79 Å². The van der Waals surface area contributed by atoms with Crippen LogP contribution in [0.1, 0.15) is 74.6 Å². The quantitative estimate of drug-likeness (QED) is 0.366. The molecule has 3 N–H and O–H groups in total. The Kier molecular flexibility index (Phi) is 9.89. The lowest BCUT2D eigenvalue weighted by molar-refractivity contribution is -0.136. The number of carbonyl (C=O) groups is 3. The summed E-state index contributed by atoms with van der Waals surface area (Å²) in [6.07, 6.45) is 11.2. The van der Waals surface area contributed by atoms with E-state index in [4.69, 9.17) is 0 Å². The van der Waals surface area contributed by atoms with Crippen molar-refractivity contribution >= 4 is 29.2 Å². The lowest BCUT2D eigenvalue weighted by Gasteiger charge is -2.40. The van der Waals surface area contributed by atoms with Gasteiger partial charge in [0.2, 0.25) is 11.8 Å². The van der Waals surface area contributed by atoms with E-state index in [1.165, 1.54) is 50.8 Å². The molecule has 2 aliphatic carbocycles. The third-order valence-corrected chi connectivity index (χ3v) is 12.9. The van der Waals surface area contributed by atoms with Gasteiger partial charge in [0.25, 0.3) is 0 Å². The molecule has 2 atom stereocenters. The highest BCUT2D eigenvalue weighted by Crippen LogP contribution is 2.53. The lowest BCUT2D eigenvalue weighted by atomic mass is 9.72. The fraction of sp³-hybridized carbons (Fsp3) is 0.649. The Balaban J connectivity index is 0.889. The Morgan fingerprint density at radius 3 is 2.30 bits per heavy atom. The van der Waals surface area contributed by atoms with E-state index in [9.17, 15) is 14.4 Å². The maximum Gasteiger partial charge on any atom is 0.317 e. The van der Waals surface area contributed by atoms with Crippen LogP contribution in [0.3, 0.4) is 0 Å². The first-order valence-electron chi connectivity index (χ1n) is 18.0. The minimum Gasteiger partial charge on any atom is -0.351 e. The molecule has 5 aliphatic rings. The maximum absolute atomic E-state index is 13.5. The second kappa shape index (κ2) is 14.3. The molecule has 0 unspecified atom stereocenters. The number of amides is 4. The number of likely N-dealkylation sites (tertiary alicyclic amines) is 3. The first-order valence-corrected chi connectivity index (χ1v) is 18.9. The van der Waals surface area contributed by atoms with Gasteiger partial charge >= 0.3 is 6.03 Å². The van der Waals surface area contributed by atoms with Crippen molar-refractivity contribution < 1.29 is 14.4 Å². The van der Waals surface area contributed by atoms with Crippen LogP contribution in [0, 0.1) is 16.7 Å². The number of urea groups is 1. The number of piperidine rings is 2. The summed E-state index contributed by atoms with van der Waals surface area (Å²) in [7, 11) is 0. The topological polar surface area (TPSA) is 97.0 Å². The van der Waals surface area contributed by atoms with E-state index in [1.54, 1.807) is 11.3 Å². The molecule has 254 valence electrons. The van der Waals surface area contributed by atoms with Crippen LogP contribution >= 0.6 is 11.3 Å². The first kappa shape index (κ1) is 32.6. The predicted octanol–water partition coefficient (Wildman–Crippen LogP) is 4.59. The summed E-state index contributed by atoms with van der Waals surface area (Å²) in [5.41, 5.74) is 2.31. The van der Waals surface area contributed by atoms with Crippen molar-refractivity contribution in [1.82, 2.24) is 30.7 Å². The standard InChI is InChI=1S/C37H52N6O3S/c44-33(24-38-29-8-11-37(12-9-29)15-19-41(27-37)25-28-5-2-1-3-6-28)43-18-10-32(31(26-43)34(45)39-23-30-7-4-22-47-30)40-35(46)42-20-16-36(13-14-36)17-21-42/h1-7,22,29,31-32,38H,8-21,23-27H2,(H,39,45)(H,40,46)/t29?,31-,32+,37?/m0/s1. The molecule has 9 nitrogen and oxygen atoms in total. The van der Waals surface area contributed by atoms with E-state index < -0.39 is 5.92 Å². The average molecular weight is 661 g/mol. The molecule has 47 heavy (non-hydrogen) atoms. The van der Waals surface area contributed by atoms with Crippen molar-refractivity contribution in [3.63, 3.8) is 0 Å². The summed E-state index contributed by atoms with van der Waals surface area (Å²) < 4.78 is 0. The van der Waals surface area contributed by atoms with Crippen LogP contribution in [0.25, 0.3) is 0 Å². The number of hydrogen-bond acceptors (Lipinski definition) is 6. The van der Waals surface area contributed by atoms with Crippen LogP contribution < -0.4 is 16.0 Å². The predicted molar refractivity (Wildman–Crippen MR) is 185 cm³/mol. The Hall–Kier alpha value is -2.95. The van der Waals surface area contributed by atoms with Gasteiger partial charge < -0.3 is 25.8 Å². The van der Waals surface area contributed by atoms with Crippen LogP contribution in [0.15, 0.2) is 47.8 Å². The second-order valence-electron chi connectivity index (χ2n) is 15.2. The third-order valence-electron chi connectivity index (χ3n) is 12.1. The highest BCUT2D eigenvalue weighted by Gasteiger charge is 2.46. The number of benzene rings is 1. The zero-order chi connectivity index (χ0) is 32.3. The van der Waals surface area contributed by atoms with Gasteiger partial charge in [0.1, 0.15) is 0 Å². The van der Waals surface area contributed by atoms with Crippen molar-refractivity contribution in [2.75, 3.05) is 45.8 Å². The molecule has 4 heterocycles. The van der Waals surface area contributed by atoms with Gasteiger partial charge in [0, 0.05) is 56.2 Å². The fourth-order valence-corrected chi connectivity index (χ4v) is 9.28. The minimum absolute atomic E-state index is 0.0479. The molecule has 7 rings (SSSR count). The van der Waals surface area contributed by atoms with Crippen molar-refractivity contribution in [3.05, 3.63) is 58.3 Å². The smallest absolute Gasteiger partial charge is 0.317 e. The van der Waals surface area contributed by atoms with Crippen molar-refractivity contribution in [2.45, 2.75) is 89.4 Å². The Morgan fingerprint density at radius 2 is 1.57 bits per heavy atom. The lowest BCUT2D eigenvalue weighted by Crippen LogP contribution is -2.59. The van der Waals surface area contributed by atoms with Gasteiger partial charge in [-0.1, -0.05) is 36.4 Å². The second-order valence-corrected chi connectivity index (χ2v) is 16.2. The van der Waals surface area contributed by atoms with Crippen molar-refractivity contribution in [2.24, 2.45) is 16.7 Å². The van der Waals surface area contributed by atoms with Crippen molar-refractivity contribution in [3.8, 4) is 0 Å². The summed E-state index contributed by atoms with van der Waals surface area (Å²) in [5.74, 6) is -0.529. The molecule has 3 saturated heterocycles. The number of carbonyl (C=O) groups excluding carboxylic acids is 3. The monoisotopic (exact) mass is 660 g/mol. The molecule has 10 heteroatoms. The molecule has 1 aromatic heterocycles. The van der Waals surface area contributed by atoms with E-state index in [-0.39, 0.29) is 23.9 Å². The van der Waals surface area contributed by atoms with Gasteiger partial charge in [-0.3, -0.25) is 14.5 Å². The molecular formula is C37H52N6O3S. The zero-order valence-electron chi connectivity index (χ0n) is 27.8. The van der Waals surface area contributed by atoms with Crippen molar-refractivity contribution in [1.29, 1.82) is 0 Å². The highest BCUT2D eigenvalue weighted by atomic mass is 32.1. The van der Waals surface area contributed by atoms with Gasteiger partial charge in [-0.2, -0.15) is 0 Å². The highest BCUT2D eigenvalue weighted by molar-refractivity contribution is 7.09. The average Bonchev–Trinajstić information content (AvgIpc) is 3.44. The van der Waals surface area contributed by atoms with Gasteiger partial charge in [0.15, 0.2) is 0 Å². The first-order chi connectivity index (χ1) is 22.9. The normalized spacial score (nSPS) is 28.8. The van der Waals surface area contributed by atoms with E-state index in [1.807, 2.05) is 27.3 Å². The van der Waals surface area contributed by atoms with Crippen LogP contribution in [-0.4, -0.2) is 90.4 Å². The number of nitrogens with one attached hydrogen (secondary N) is 3. The van der Waals surface area contributed by atoms with E-state index in [0.717, 1.165) is 50.2 Å². The van der Waals surface area contributed by atoms with E-state index in [0.29, 0.717) is 49.5 Å². The summed E-state index contributed by atoms with van der Waals surface area (Å²) in [6, 6.07) is 14.8. The van der Waals surface area contributed by atoms with Gasteiger partial charge in [0.05, 0.1) is 19.0 Å². The molecule has 3 aliphatic heterocycles. The number of rotatable bonds is 9. The molecule has 4 amide bonds. The molecule has 0 radical (unpaired) electrons. The number of thiophene rings is 1. The van der Waals surface area contributed by atoms with Gasteiger partial charge in [-0.15, -0.1) is 11.3 Å². The van der Waals surface area contributed by atoms with Crippen LogP contribution in [-0.2, 0) is 22.7 Å². The Labute approximate surface area is 283 Å². The number of nitrogens with zero attached hydrogens (tertiary/aromatic N) is 3. The Bertz CT molecular complexity index is 1360. The van der Waals surface area contributed by atoms with E-state index >= 15 is 0 Å². The molecule has 5 fully saturated rings. The molecule has 2 saturated carbocycles. The largest absolute Gasteiger partial charge is 0.351 e. The molecule has 1 aromatic carbocycles. The molecular weight excluding hydrogens is 609 g/mol. The van der Waals surface area contributed by atoms with Gasteiger partial charge in [-0.05, 0) is 98.6 Å². The third kappa shape index (κ3) is 8.03. The summed E-state index contributed by atoms with van der Waals surface area (Å²) >= 11 is 1.61. The molecule has 2 aromatic rings. The maximum atomic E-state index is 13.5. The van der Waals surface area contributed by atoms with Crippen LogP contribution in [0.2, 0.25) is 0 Å². The van der Waals surface area contributed by atoms with Gasteiger partial charge in [-0.25, -0.2) is 4.79 Å². The SMILES string of the molecule is O=C(NCc1cccs1)[C@H]1CN(C(=O)CNC2CCC3(CC2)CCN(Cc2ccccc2)C3)CC[C@H]1NC(=O)N1CCC2(CC1)CC2. The minimum atomic E-state index is -0.480. The van der Waals surface area contributed by atoms with E-state index in [2.05, 4.69) is 51.2 Å².